The summed E-state index contributed by atoms with van der Waals surface area (Å²) in [5.74, 6) is 0.674. The zero-order chi connectivity index (χ0) is 16.2. The van der Waals surface area contributed by atoms with Crippen molar-refractivity contribution in [3.05, 3.63) is 48.0 Å². The number of carbonyl (C=O) groups is 1. The number of nitrogens with zero attached hydrogens (tertiary/aromatic N) is 1. The molecule has 2 aromatic rings. The Morgan fingerprint density at radius 3 is 2.96 bits per heavy atom. The molecule has 0 saturated carbocycles. The van der Waals surface area contributed by atoms with Gasteiger partial charge in [0.25, 0.3) is 0 Å². The number of hydrogen-bond donors (Lipinski definition) is 2. The molecule has 3 N–H and O–H groups in total. The lowest BCUT2D eigenvalue weighted by Gasteiger charge is -2.31. The Morgan fingerprint density at radius 1 is 1.30 bits per heavy atom. The molecular weight excluding hydrogens is 290 g/mol. The number of ether oxygens (including phenoxy) is 1. The minimum atomic E-state index is -0.0477. The smallest absolute Gasteiger partial charge is 0.243 e. The van der Waals surface area contributed by atoms with Crippen LogP contribution in [0.15, 0.2) is 42.5 Å². The summed E-state index contributed by atoms with van der Waals surface area (Å²) < 4.78 is 5.17. The standard InChI is InChI=1S/C18H21N3O2/c1-23-14-6-2-5-13(11-14)20-18(22)12-21-10-4-7-15-16(19)8-3-9-17(15)21/h2-3,5-6,8-9,11H,4,7,10,12,19H2,1H3,(H,20,22). The third kappa shape index (κ3) is 3.39. The fraction of sp³-hybridized carbons (Fsp3) is 0.278. The molecule has 5 heteroatoms. The number of nitrogens with one attached hydrogen (secondary N) is 1. The van der Waals surface area contributed by atoms with Crippen molar-refractivity contribution in [3.63, 3.8) is 0 Å². The Kier molecular flexibility index (Phi) is 4.37. The Morgan fingerprint density at radius 2 is 2.13 bits per heavy atom. The summed E-state index contributed by atoms with van der Waals surface area (Å²) in [4.78, 5) is 14.4. The summed E-state index contributed by atoms with van der Waals surface area (Å²) in [6.45, 7) is 1.18. The number of nitrogen functional groups attached to an aromatic ring is 1. The van der Waals surface area contributed by atoms with E-state index in [2.05, 4.69) is 10.2 Å². The first-order chi connectivity index (χ1) is 11.2. The van der Waals surface area contributed by atoms with Crippen LogP contribution in [0.4, 0.5) is 17.1 Å². The van der Waals surface area contributed by atoms with Gasteiger partial charge in [-0.05, 0) is 42.7 Å². The van der Waals surface area contributed by atoms with Crippen molar-refractivity contribution in [1.29, 1.82) is 0 Å². The van der Waals surface area contributed by atoms with Gasteiger partial charge in [0.2, 0.25) is 5.91 Å². The minimum absolute atomic E-state index is 0.0477. The van der Waals surface area contributed by atoms with Gasteiger partial charge in [-0.3, -0.25) is 4.79 Å². The normalized spacial score (nSPS) is 13.3. The van der Waals surface area contributed by atoms with E-state index in [1.165, 1.54) is 0 Å². The van der Waals surface area contributed by atoms with Crippen molar-refractivity contribution in [3.8, 4) is 5.75 Å². The molecule has 120 valence electrons. The Labute approximate surface area is 136 Å². The number of anilines is 3. The van der Waals surface area contributed by atoms with Crippen LogP contribution in [0.1, 0.15) is 12.0 Å². The van der Waals surface area contributed by atoms with Crippen molar-refractivity contribution in [2.45, 2.75) is 12.8 Å². The van der Waals surface area contributed by atoms with Crippen LogP contribution in [0, 0.1) is 0 Å². The predicted molar refractivity (Wildman–Crippen MR) is 93.0 cm³/mol. The molecular formula is C18H21N3O2. The average Bonchev–Trinajstić information content (AvgIpc) is 2.56. The molecule has 0 saturated heterocycles. The Hall–Kier alpha value is -2.69. The quantitative estimate of drug-likeness (QED) is 0.852. The number of rotatable bonds is 4. The van der Waals surface area contributed by atoms with Gasteiger partial charge in [0.05, 0.1) is 13.7 Å². The number of benzene rings is 2. The summed E-state index contributed by atoms with van der Waals surface area (Å²) in [5, 5.41) is 2.92. The highest BCUT2D eigenvalue weighted by molar-refractivity contribution is 5.94. The van der Waals surface area contributed by atoms with Crippen molar-refractivity contribution in [2.24, 2.45) is 0 Å². The van der Waals surface area contributed by atoms with Crippen molar-refractivity contribution >= 4 is 23.0 Å². The second kappa shape index (κ2) is 6.60. The van der Waals surface area contributed by atoms with Crippen LogP contribution in [0.5, 0.6) is 5.75 Å². The van der Waals surface area contributed by atoms with Crippen LogP contribution in [0.2, 0.25) is 0 Å². The van der Waals surface area contributed by atoms with Crippen LogP contribution >= 0.6 is 0 Å². The monoisotopic (exact) mass is 311 g/mol. The molecule has 5 nitrogen and oxygen atoms in total. The van der Waals surface area contributed by atoms with E-state index in [1.807, 2.05) is 36.4 Å². The summed E-state index contributed by atoms with van der Waals surface area (Å²) in [6, 6.07) is 13.2. The van der Waals surface area contributed by atoms with Crippen LogP contribution in [-0.2, 0) is 11.2 Å². The van der Waals surface area contributed by atoms with Crippen LogP contribution in [0.3, 0.4) is 0 Å². The maximum atomic E-state index is 12.4. The van der Waals surface area contributed by atoms with Crippen molar-refractivity contribution in [1.82, 2.24) is 0 Å². The van der Waals surface area contributed by atoms with E-state index in [-0.39, 0.29) is 5.91 Å². The fourth-order valence-corrected chi connectivity index (χ4v) is 2.97. The molecule has 0 spiro atoms. The van der Waals surface area contributed by atoms with Crippen LogP contribution in [-0.4, -0.2) is 26.1 Å². The molecule has 0 fully saturated rings. The van der Waals surface area contributed by atoms with Gasteiger partial charge in [-0.2, -0.15) is 0 Å². The average molecular weight is 311 g/mol. The fourth-order valence-electron chi connectivity index (χ4n) is 2.97. The first-order valence-electron chi connectivity index (χ1n) is 7.73. The molecule has 0 aromatic heterocycles. The van der Waals surface area contributed by atoms with Gasteiger partial charge in [0, 0.05) is 29.7 Å². The van der Waals surface area contributed by atoms with E-state index in [0.717, 1.165) is 47.8 Å². The highest BCUT2D eigenvalue weighted by Crippen LogP contribution is 2.31. The van der Waals surface area contributed by atoms with Gasteiger partial charge in [-0.25, -0.2) is 0 Å². The summed E-state index contributed by atoms with van der Waals surface area (Å²) in [6.07, 6.45) is 1.98. The third-order valence-electron chi connectivity index (χ3n) is 4.07. The molecule has 2 aromatic carbocycles. The molecule has 23 heavy (non-hydrogen) atoms. The molecule has 1 aliphatic heterocycles. The lowest BCUT2D eigenvalue weighted by molar-refractivity contribution is -0.115. The highest BCUT2D eigenvalue weighted by Gasteiger charge is 2.20. The number of hydrogen-bond acceptors (Lipinski definition) is 4. The molecule has 3 rings (SSSR count). The number of carbonyl (C=O) groups excluding carboxylic acids is 1. The maximum absolute atomic E-state index is 12.4. The second-order valence-electron chi connectivity index (χ2n) is 5.65. The molecule has 0 bridgehead atoms. The molecule has 1 amide bonds. The lowest BCUT2D eigenvalue weighted by Crippen LogP contribution is -2.37. The van der Waals surface area contributed by atoms with Crippen molar-refractivity contribution < 1.29 is 9.53 Å². The van der Waals surface area contributed by atoms with E-state index in [0.29, 0.717) is 6.54 Å². The molecule has 1 aliphatic rings. The van der Waals surface area contributed by atoms with Crippen molar-refractivity contribution in [2.75, 3.05) is 36.1 Å². The van der Waals surface area contributed by atoms with E-state index >= 15 is 0 Å². The van der Waals surface area contributed by atoms with Gasteiger partial charge in [-0.15, -0.1) is 0 Å². The Bertz CT molecular complexity index is 715. The largest absolute Gasteiger partial charge is 0.497 e. The number of amides is 1. The van der Waals surface area contributed by atoms with E-state index in [4.69, 9.17) is 10.5 Å². The number of nitrogens with two attached hydrogens (primary N) is 1. The minimum Gasteiger partial charge on any atom is -0.497 e. The van der Waals surface area contributed by atoms with Gasteiger partial charge >= 0.3 is 0 Å². The van der Waals surface area contributed by atoms with Crippen LogP contribution in [0.25, 0.3) is 0 Å². The first kappa shape index (κ1) is 15.2. The van der Waals surface area contributed by atoms with E-state index < -0.39 is 0 Å². The van der Waals surface area contributed by atoms with Gasteiger partial charge < -0.3 is 20.7 Å². The predicted octanol–water partition coefficient (Wildman–Crippen LogP) is 2.67. The zero-order valence-electron chi connectivity index (χ0n) is 13.2. The molecule has 0 aliphatic carbocycles. The highest BCUT2D eigenvalue weighted by atomic mass is 16.5. The van der Waals surface area contributed by atoms with Gasteiger partial charge in [0.1, 0.15) is 5.75 Å². The number of fused-ring (bicyclic) bond motifs is 1. The molecule has 0 radical (unpaired) electrons. The first-order valence-corrected chi connectivity index (χ1v) is 7.73. The Balaban J connectivity index is 1.70. The molecule has 0 atom stereocenters. The van der Waals surface area contributed by atoms with E-state index in [9.17, 15) is 4.79 Å². The molecule has 1 heterocycles. The summed E-state index contributed by atoms with van der Waals surface area (Å²) >= 11 is 0. The maximum Gasteiger partial charge on any atom is 0.243 e. The summed E-state index contributed by atoms with van der Waals surface area (Å²) in [7, 11) is 1.61. The van der Waals surface area contributed by atoms with Crippen LogP contribution < -0.4 is 20.7 Å². The van der Waals surface area contributed by atoms with Gasteiger partial charge in [0.15, 0.2) is 0 Å². The topological polar surface area (TPSA) is 67.6 Å². The number of methoxy groups -OCH3 is 1. The lowest BCUT2D eigenvalue weighted by atomic mass is 10.00. The SMILES string of the molecule is COc1cccc(NC(=O)CN2CCCc3c(N)cccc32)c1. The summed E-state index contributed by atoms with van der Waals surface area (Å²) in [5.41, 5.74) is 9.80. The third-order valence-corrected chi connectivity index (χ3v) is 4.07. The molecule has 0 unspecified atom stereocenters. The second-order valence-corrected chi connectivity index (χ2v) is 5.65. The van der Waals surface area contributed by atoms with E-state index in [1.54, 1.807) is 13.2 Å². The zero-order valence-corrected chi connectivity index (χ0v) is 13.2. The van der Waals surface area contributed by atoms with Gasteiger partial charge in [-0.1, -0.05) is 12.1 Å².